The van der Waals surface area contributed by atoms with Gasteiger partial charge in [0.15, 0.2) is 0 Å². The van der Waals surface area contributed by atoms with E-state index in [2.05, 4.69) is 110 Å². The van der Waals surface area contributed by atoms with Crippen LogP contribution in [0.3, 0.4) is 0 Å². The van der Waals surface area contributed by atoms with E-state index >= 15 is 0 Å². The predicted molar refractivity (Wildman–Crippen MR) is 121 cm³/mol. The number of aryl methyl sites for hydroxylation is 1. The van der Waals surface area contributed by atoms with Gasteiger partial charge in [-0.05, 0) is 41.8 Å². The van der Waals surface area contributed by atoms with E-state index in [-0.39, 0.29) is 6.04 Å². The van der Waals surface area contributed by atoms with Gasteiger partial charge in [0.1, 0.15) is 12.4 Å². The highest BCUT2D eigenvalue weighted by atomic mass is 16.5. The third-order valence-corrected chi connectivity index (χ3v) is 5.40. The average molecular weight is 382 g/mol. The fraction of sp³-hybridized carbons (Fsp3) is 0.185. The Morgan fingerprint density at radius 2 is 1.52 bits per heavy atom. The van der Waals surface area contributed by atoms with Crippen LogP contribution in [0.25, 0.3) is 10.8 Å². The molecule has 2 nitrogen and oxygen atoms in total. The van der Waals surface area contributed by atoms with Crippen LogP contribution < -0.4 is 10.1 Å². The second kappa shape index (κ2) is 8.93. The molecule has 0 saturated heterocycles. The van der Waals surface area contributed by atoms with E-state index in [9.17, 15) is 0 Å². The van der Waals surface area contributed by atoms with Crippen molar-refractivity contribution in [2.45, 2.75) is 33.0 Å². The van der Waals surface area contributed by atoms with Gasteiger partial charge in [-0.25, -0.2) is 0 Å². The molecule has 4 aromatic rings. The van der Waals surface area contributed by atoms with Gasteiger partial charge in [0.05, 0.1) is 0 Å². The van der Waals surface area contributed by atoms with Gasteiger partial charge in [-0.15, -0.1) is 0 Å². The molecule has 0 unspecified atom stereocenters. The SMILES string of the molecule is Cc1ccc(COc2ccc3ccccc3c2CN[C@H](C)c2ccccc2)cc1. The Morgan fingerprint density at radius 3 is 2.31 bits per heavy atom. The zero-order valence-corrected chi connectivity index (χ0v) is 17.1. The highest BCUT2D eigenvalue weighted by Crippen LogP contribution is 2.29. The molecule has 0 aromatic heterocycles. The molecular weight excluding hydrogens is 354 g/mol. The molecule has 29 heavy (non-hydrogen) atoms. The van der Waals surface area contributed by atoms with Crippen molar-refractivity contribution in [3.63, 3.8) is 0 Å². The van der Waals surface area contributed by atoms with Crippen molar-refractivity contribution >= 4 is 10.8 Å². The first kappa shape index (κ1) is 19.2. The summed E-state index contributed by atoms with van der Waals surface area (Å²) in [5, 5.41) is 6.15. The molecule has 0 fully saturated rings. The summed E-state index contributed by atoms with van der Waals surface area (Å²) in [4.78, 5) is 0. The van der Waals surface area contributed by atoms with Crippen molar-refractivity contribution in [1.82, 2.24) is 5.32 Å². The Hall–Kier alpha value is -3.10. The van der Waals surface area contributed by atoms with Crippen molar-refractivity contribution < 1.29 is 4.74 Å². The minimum Gasteiger partial charge on any atom is -0.489 e. The second-order valence-corrected chi connectivity index (χ2v) is 7.55. The molecule has 4 aromatic carbocycles. The quantitative estimate of drug-likeness (QED) is 0.390. The van der Waals surface area contributed by atoms with E-state index in [0.717, 1.165) is 12.3 Å². The maximum Gasteiger partial charge on any atom is 0.124 e. The number of hydrogen-bond acceptors (Lipinski definition) is 2. The van der Waals surface area contributed by atoms with Gasteiger partial charge in [0.25, 0.3) is 0 Å². The van der Waals surface area contributed by atoms with Crippen LogP contribution in [-0.2, 0) is 13.2 Å². The van der Waals surface area contributed by atoms with Crippen molar-refractivity contribution in [3.8, 4) is 5.75 Å². The molecule has 0 bridgehead atoms. The van der Waals surface area contributed by atoms with Crippen molar-refractivity contribution in [1.29, 1.82) is 0 Å². The lowest BCUT2D eigenvalue weighted by molar-refractivity contribution is 0.302. The average Bonchev–Trinajstić information content (AvgIpc) is 2.78. The Morgan fingerprint density at radius 1 is 0.793 bits per heavy atom. The van der Waals surface area contributed by atoms with Gasteiger partial charge >= 0.3 is 0 Å². The Labute approximate surface area is 173 Å². The first-order chi connectivity index (χ1) is 14.2. The fourth-order valence-corrected chi connectivity index (χ4v) is 3.59. The summed E-state index contributed by atoms with van der Waals surface area (Å²) in [5.74, 6) is 0.942. The first-order valence-electron chi connectivity index (χ1n) is 10.2. The summed E-state index contributed by atoms with van der Waals surface area (Å²) >= 11 is 0. The molecule has 0 amide bonds. The largest absolute Gasteiger partial charge is 0.489 e. The van der Waals surface area contributed by atoms with Gasteiger partial charge in [-0.1, -0.05) is 90.5 Å². The first-order valence-corrected chi connectivity index (χ1v) is 10.2. The molecule has 1 N–H and O–H groups in total. The number of fused-ring (bicyclic) bond motifs is 1. The van der Waals surface area contributed by atoms with Crippen molar-refractivity contribution in [2.24, 2.45) is 0 Å². The lowest BCUT2D eigenvalue weighted by Crippen LogP contribution is -2.18. The number of nitrogens with one attached hydrogen (secondary N) is 1. The van der Waals surface area contributed by atoms with Crippen molar-refractivity contribution in [3.05, 3.63) is 113 Å². The molecule has 4 rings (SSSR count). The van der Waals surface area contributed by atoms with Crippen LogP contribution in [0.2, 0.25) is 0 Å². The Kier molecular flexibility index (Phi) is 5.92. The highest BCUT2D eigenvalue weighted by molar-refractivity contribution is 5.87. The lowest BCUT2D eigenvalue weighted by Gasteiger charge is -2.18. The topological polar surface area (TPSA) is 21.3 Å². The number of rotatable bonds is 7. The molecule has 0 heterocycles. The maximum absolute atomic E-state index is 6.27. The lowest BCUT2D eigenvalue weighted by atomic mass is 10.0. The van der Waals surface area contributed by atoms with E-state index in [0.29, 0.717) is 6.61 Å². The van der Waals surface area contributed by atoms with E-state index in [1.165, 1.54) is 33.0 Å². The molecule has 2 heteroatoms. The van der Waals surface area contributed by atoms with Crippen molar-refractivity contribution in [2.75, 3.05) is 0 Å². The monoisotopic (exact) mass is 381 g/mol. The maximum atomic E-state index is 6.27. The summed E-state index contributed by atoms with van der Waals surface area (Å²) in [6.45, 7) is 5.62. The normalized spacial score (nSPS) is 12.1. The van der Waals surface area contributed by atoms with Gasteiger partial charge in [0, 0.05) is 18.2 Å². The molecule has 0 aliphatic carbocycles. The molecule has 1 atom stereocenters. The number of ether oxygens (including phenoxy) is 1. The van der Waals surface area contributed by atoms with Crippen LogP contribution >= 0.6 is 0 Å². The third kappa shape index (κ3) is 4.67. The molecule has 0 radical (unpaired) electrons. The highest BCUT2D eigenvalue weighted by Gasteiger charge is 2.12. The smallest absolute Gasteiger partial charge is 0.124 e. The molecule has 0 aliphatic rings. The van der Waals surface area contributed by atoms with Crippen LogP contribution in [0.1, 0.15) is 35.2 Å². The number of benzene rings is 4. The minimum atomic E-state index is 0.264. The standard InChI is InChI=1S/C27H27NO/c1-20-12-14-22(15-13-20)19-29-27-17-16-24-10-6-7-11-25(24)26(27)18-28-21(2)23-8-4-3-5-9-23/h3-17,21,28H,18-19H2,1-2H3/t21-/m1/s1. The van der Waals surface area contributed by atoms with Crippen LogP contribution in [0.5, 0.6) is 5.75 Å². The van der Waals surface area contributed by atoms with Crippen LogP contribution in [-0.4, -0.2) is 0 Å². The van der Waals surface area contributed by atoms with E-state index in [4.69, 9.17) is 4.74 Å². The van der Waals surface area contributed by atoms with Gasteiger partial charge in [0.2, 0.25) is 0 Å². The van der Waals surface area contributed by atoms with Gasteiger partial charge in [-0.2, -0.15) is 0 Å². The fourth-order valence-electron chi connectivity index (χ4n) is 3.59. The van der Waals surface area contributed by atoms with E-state index in [1.807, 2.05) is 0 Å². The summed E-state index contributed by atoms with van der Waals surface area (Å²) in [6.07, 6.45) is 0. The Balaban J connectivity index is 1.57. The van der Waals surface area contributed by atoms with Crippen LogP contribution in [0.15, 0.2) is 91.0 Å². The van der Waals surface area contributed by atoms with E-state index < -0.39 is 0 Å². The molecule has 146 valence electrons. The predicted octanol–water partition coefficient (Wildman–Crippen LogP) is 6.58. The van der Waals surface area contributed by atoms with Crippen LogP contribution in [0.4, 0.5) is 0 Å². The molecule has 0 spiro atoms. The van der Waals surface area contributed by atoms with E-state index in [1.54, 1.807) is 0 Å². The second-order valence-electron chi connectivity index (χ2n) is 7.55. The number of hydrogen-bond donors (Lipinski definition) is 1. The summed E-state index contributed by atoms with van der Waals surface area (Å²) in [5.41, 5.74) is 4.94. The molecule has 0 saturated carbocycles. The minimum absolute atomic E-state index is 0.264. The third-order valence-electron chi connectivity index (χ3n) is 5.40. The van der Waals surface area contributed by atoms with Crippen LogP contribution in [0, 0.1) is 6.92 Å². The zero-order chi connectivity index (χ0) is 20.1. The Bertz CT molecular complexity index is 1070. The summed E-state index contributed by atoms with van der Waals surface area (Å²) in [7, 11) is 0. The van der Waals surface area contributed by atoms with Gasteiger partial charge < -0.3 is 10.1 Å². The summed E-state index contributed by atoms with van der Waals surface area (Å²) in [6, 6.07) is 32.1. The summed E-state index contributed by atoms with van der Waals surface area (Å²) < 4.78 is 6.27. The zero-order valence-electron chi connectivity index (χ0n) is 17.1. The molecular formula is C27H27NO. The van der Waals surface area contributed by atoms with Gasteiger partial charge in [-0.3, -0.25) is 0 Å². The molecule has 0 aliphatic heterocycles.